The number of amides is 1. The Morgan fingerprint density at radius 2 is 1.89 bits per heavy atom. The molecule has 0 aliphatic heterocycles. The Hall–Kier alpha value is -3.84. The minimum Gasteiger partial charge on any atom is -0.495 e. The summed E-state index contributed by atoms with van der Waals surface area (Å²) in [7, 11) is 3.03. The lowest BCUT2D eigenvalue weighted by Gasteiger charge is -2.28. The minimum absolute atomic E-state index is 0.163. The number of ether oxygens (including phenoxy) is 1. The maximum Gasteiger partial charge on any atom is 0.406 e. The summed E-state index contributed by atoms with van der Waals surface area (Å²) < 4.78 is 47.0. The van der Waals surface area contributed by atoms with Gasteiger partial charge in [-0.25, -0.2) is 0 Å². The summed E-state index contributed by atoms with van der Waals surface area (Å²) in [5.41, 5.74) is 8.63. The molecule has 1 amide bonds. The van der Waals surface area contributed by atoms with Crippen LogP contribution in [0.1, 0.15) is 41.7 Å². The van der Waals surface area contributed by atoms with Crippen LogP contribution in [-0.4, -0.2) is 49.4 Å². The van der Waals surface area contributed by atoms with E-state index in [0.717, 1.165) is 31.4 Å². The molecule has 0 unspecified atom stereocenters. The second-order valence-corrected chi connectivity index (χ2v) is 9.37. The first-order valence-corrected chi connectivity index (χ1v) is 12.5. The predicted octanol–water partition coefficient (Wildman–Crippen LogP) is 4.72. The van der Waals surface area contributed by atoms with E-state index in [1.54, 1.807) is 43.4 Å². The summed E-state index contributed by atoms with van der Waals surface area (Å²) in [6.07, 6.45) is -0.708. The minimum atomic E-state index is -4.40. The third-order valence-electron chi connectivity index (χ3n) is 6.69. The van der Waals surface area contributed by atoms with Gasteiger partial charge in [-0.05, 0) is 68.0 Å². The number of benzene rings is 2. The van der Waals surface area contributed by atoms with Gasteiger partial charge in [-0.2, -0.15) is 13.2 Å². The molecule has 202 valence electrons. The van der Waals surface area contributed by atoms with Crippen molar-refractivity contribution >= 4 is 28.2 Å². The fourth-order valence-corrected chi connectivity index (χ4v) is 4.74. The lowest BCUT2D eigenvalue weighted by atomic mass is 9.91. The van der Waals surface area contributed by atoms with Crippen LogP contribution in [0.2, 0.25) is 0 Å². The van der Waals surface area contributed by atoms with E-state index >= 15 is 0 Å². The standard InChI is InChI=1S/C28H32F3N5O2/c1-33-27(37)18-8-13-24(26(15-18)38-2)34-14-4-5-21-16-22-23(35-20-11-9-19(32)10-12-20)6-3-7-25(22)36(21)17-28(29,30)31/h3,6-8,13,15-16,19-20,34-35H,9-12,14,17,32H2,1-2H3,(H,33,37)/t19-,20+. The Kier molecular flexibility index (Phi) is 8.37. The lowest BCUT2D eigenvalue weighted by Crippen LogP contribution is -2.32. The highest BCUT2D eigenvalue weighted by atomic mass is 19.4. The van der Waals surface area contributed by atoms with Crippen molar-refractivity contribution < 1.29 is 22.7 Å². The molecule has 4 rings (SSSR count). The summed E-state index contributed by atoms with van der Waals surface area (Å²) in [6.45, 7) is -0.971. The molecule has 1 fully saturated rings. The van der Waals surface area contributed by atoms with E-state index in [1.165, 1.54) is 11.7 Å². The van der Waals surface area contributed by atoms with Crippen LogP contribution in [0.3, 0.4) is 0 Å². The molecule has 1 heterocycles. The van der Waals surface area contributed by atoms with Crippen molar-refractivity contribution in [3.63, 3.8) is 0 Å². The maximum atomic E-state index is 13.5. The van der Waals surface area contributed by atoms with Crippen LogP contribution in [0, 0.1) is 11.8 Å². The van der Waals surface area contributed by atoms with Crippen LogP contribution in [0.25, 0.3) is 10.9 Å². The van der Waals surface area contributed by atoms with Crippen LogP contribution in [0.4, 0.5) is 24.5 Å². The number of hydrogen-bond acceptors (Lipinski definition) is 5. The second kappa shape index (κ2) is 11.7. The highest BCUT2D eigenvalue weighted by Gasteiger charge is 2.30. The van der Waals surface area contributed by atoms with E-state index in [0.29, 0.717) is 27.9 Å². The Labute approximate surface area is 219 Å². The molecule has 1 aliphatic rings. The SMILES string of the molecule is CNC(=O)c1ccc(NCC#Cc2cc3c(N[C@H]4CC[C@@H](N)CC4)cccc3n2CC(F)(F)F)c(OC)c1. The zero-order chi connectivity index (χ0) is 27.3. The number of carbonyl (C=O) groups is 1. The average molecular weight is 528 g/mol. The summed E-state index contributed by atoms with van der Waals surface area (Å²) in [5.74, 6) is 6.05. The van der Waals surface area contributed by atoms with Crippen molar-refractivity contribution in [2.45, 2.75) is 50.5 Å². The summed E-state index contributed by atoms with van der Waals surface area (Å²) in [6, 6.07) is 12.4. The van der Waals surface area contributed by atoms with Gasteiger partial charge in [0.05, 0.1) is 30.6 Å². The van der Waals surface area contributed by atoms with Gasteiger partial charge in [0.15, 0.2) is 0 Å². The van der Waals surface area contributed by atoms with Gasteiger partial charge in [0.2, 0.25) is 0 Å². The normalized spacial score (nSPS) is 17.4. The molecule has 2 aromatic carbocycles. The van der Waals surface area contributed by atoms with Gasteiger partial charge in [0, 0.05) is 35.8 Å². The molecule has 0 atom stereocenters. The number of nitrogens with two attached hydrogens (primary N) is 1. The molecule has 0 spiro atoms. The molecule has 38 heavy (non-hydrogen) atoms. The first kappa shape index (κ1) is 27.2. The second-order valence-electron chi connectivity index (χ2n) is 9.37. The van der Waals surface area contributed by atoms with Crippen molar-refractivity contribution in [3.05, 3.63) is 53.7 Å². The van der Waals surface area contributed by atoms with Gasteiger partial charge < -0.3 is 31.0 Å². The number of hydrogen-bond donors (Lipinski definition) is 4. The zero-order valence-electron chi connectivity index (χ0n) is 21.4. The highest BCUT2D eigenvalue weighted by molar-refractivity contribution is 5.95. The maximum absolute atomic E-state index is 13.5. The fraction of sp³-hybridized carbons (Fsp3) is 0.393. The molecule has 3 aromatic rings. The topological polar surface area (TPSA) is 93.3 Å². The summed E-state index contributed by atoms with van der Waals surface area (Å²) in [4.78, 5) is 11.9. The van der Waals surface area contributed by atoms with Crippen LogP contribution in [0.15, 0.2) is 42.5 Å². The molecule has 0 bridgehead atoms. The first-order valence-electron chi connectivity index (χ1n) is 12.5. The molecule has 7 nitrogen and oxygen atoms in total. The first-order chi connectivity index (χ1) is 18.2. The number of aromatic nitrogens is 1. The third kappa shape index (κ3) is 6.53. The van der Waals surface area contributed by atoms with E-state index in [9.17, 15) is 18.0 Å². The summed E-state index contributed by atoms with van der Waals surface area (Å²) >= 11 is 0. The number of carbonyl (C=O) groups excluding carboxylic acids is 1. The van der Waals surface area contributed by atoms with E-state index in [-0.39, 0.29) is 30.2 Å². The Morgan fingerprint density at radius 3 is 2.58 bits per heavy atom. The Balaban J connectivity index is 1.58. The molecule has 1 aromatic heterocycles. The van der Waals surface area contributed by atoms with Crippen LogP contribution in [-0.2, 0) is 6.54 Å². The number of halogens is 3. The third-order valence-corrected chi connectivity index (χ3v) is 6.69. The number of fused-ring (bicyclic) bond motifs is 1. The van der Waals surface area contributed by atoms with Crippen molar-refractivity contribution in [1.29, 1.82) is 0 Å². The van der Waals surface area contributed by atoms with E-state index in [4.69, 9.17) is 10.5 Å². The summed E-state index contributed by atoms with van der Waals surface area (Å²) in [5, 5.41) is 9.88. The number of anilines is 2. The molecule has 10 heteroatoms. The molecule has 1 saturated carbocycles. The fourth-order valence-electron chi connectivity index (χ4n) is 4.74. The van der Waals surface area contributed by atoms with Crippen molar-refractivity contribution in [2.75, 3.05) is 31.3 Å². The van der Waals surface area contributed by atoms with Crippen LogP contribution >= 0.6 is 0 Å². The number of rotatable bonds is 7. The quantitative estimate of drug-likeness (QED) is 0.334. The number of nitrogens with one attached hydrogen (secondary N) is 3. The zero-order valence-corrected chi connectivity index (χ0v) is 21.4. The highest BCUT2D eigenvalue weighted by Crippen LogP contribution is 2.32. The predicted molar refractivity (Wildman–Crippen MR) is 144 cm³/mol. The molecule has 5 N–H and O–H groups in total. The molecular weight excluding hydrogens is 495 g/mol. The largest absolute Gasteiger partial charge is 0.495 e. The monoisotopic (exact) mass is 527 g/mol. The smallest absolute Gasteiger partial charge is 0.406 e. The van der Waals surface area contributed by atoms with Crippen molar-refractivity contribution in [1.82, 2.24) is 9.88 Å². The number of nitrogens with zero attached hydrogens (tertiary/aromatic N) is 1. The van der Waals surface area contributed by atoms with Gasteiger partial charge in [0.25, 0.3) is 5.91 Å². The van der Waals surface area contributed by atoms with Gasteiger partial charge in [-0.3, -0.25) is 4.79 Å². The van der Waals surface area contributed by atoms with Crippen molar-refractivity contribution in [2.24, 2.45) is 5.73 Å². The molecule has 0 saturated heterocycles. The average Bonchev–Trinajstić information content (AvgIpc) is 3.24. The lowest BCUT2D eigenvalue weighted by molar-refractivity contribution is -0.140. The molecular formula is C28H32F3N5O2. The van der Waals surface area contributed by atoms with Gasteiger partial charge >= 0.3 is 6.18 Å². The Morgan fingerprint density at radius 1 is 1.13 bits per heavy atom. The number of alkyl halides is 3. The van der Waals surface area contributed by atoms with Gasteiger partial charge in [-0.1, -0.05) is 12.0 Å². The van der Waals surface area contributed by atoms with E-state index in [2.05, 4.69) is 27.8 Å². The van der Waals surface area contributed by atoms with Gasteiger partial charge in [-0.15, -0.1) is 0 Å². The Bertz CT molecular complexity index is 1350. The van der Waals surface area contributed by atoms with E-state index < -0.39 is 12.7 Å². The van der Waals surface area contributed by atoms with Crippen LogP contribution in [0.5, 0.6) is 5.75 Å². The van der Waals surface area contributed by atoms with Gasteiger partial charge in [0.1, 0.15) is 12.3 Å². The van der Waals surface area contributed by atoms with Crippen LogP contribution < -0.4 is 26.4 Å². The molecule has 1 aliphatic carbocycles. The van der Waals surface area contributed by atoms with Crippen molar-refractivity contribution in [3.8, 4) is 17.6 Å². The molecule has 0 radical (unpaired) electrons. The van der Waals surface area contributed by atoms with E-state index in [1.807, 2.05) is 6.07 Å². The number of methoxy groups -OCH3 is 1.